The van der Waals surface area contributed by atoms with Crippen LogP contribution >= 0.6 is 11.8 Å². The van der Waals surface area contributed by atoms with E-state index in [1.54, 1.807) is 6.26 Å². The van der Waals surface area contributed by atoms with Crippen molar-refractivity contribution in [3.05, 3.63) is 24.2 Å². The summed E-state index contributed by atoms with van der Waals surface area (Å²) in [6.45, 7) is 2.35. The number of hydrogen-bond donors (Lipinski definition) is 1. The zero-order chi connectivity index (χ0) is 8.93. The highest BCUT2D eigenvalue weighted by Gasteiger charge is 2.13. The smallest absolute Gasteiger partial charge is 0.113 e. The third kappa shape index (κ3) is 2.78. The van der Waals surface area contributed by atoms with Crippen LogP contribution in [0.3, 0.4) is 0 Å². The lowest BCUT2D eigenvalue weighted by atomic mass is 10.2. The number of piperidine rings is 1. The van der Waals surface area contributed by atoms with Crippen molar-refractivity contribution in [3.63, 3.8) is 0 Å². The van der Waals surface area contributed by atoms with Gasteiger partial charge in [0, 0.05) is 11.8 Å². The molecule has 2 nitrogen and oxygen atoms in total. The van der Waals surface area contributed by atoms with E-state index in [1.807, 2.05) is 23.9 Å². The first-order valence-electron chi connectivity index (χ1n) is 4.80. The summed E-state index contributed by atoms with van der Waals surface area (Å²) in [5, 5.41) is 4.19. The first-order chi connectivity index (χ1) is 6.45. The van der Waals surface area contributed by atoms with E-state index in [0.717, 1.165) is 23.3 Å². The second-order valence-electron chi connectivity index (χ2n) is 3.36. The highest BCUT2D eigenvalue weighted by Crippen LogP contribution is 2.22. The van der Waals surface area contributed by atoms with Gasteiger partial charge >= 0.3 is 0 Å². The largest absolute Gasteiger partial charge is 0.468 e. The predicted octanol–water partition coefficient (Wildman–Crippen LogP) is 2.26. The molecule has 1 aliphatic heterocycles. The van der Waals surface area contributed by atoms with E-state index in [1.165, 1.54) is 19.4 Å². The zero-order valence-corrected chi connectivity index (χ0v) is 8.48. The molecule has 13 heavy (non-hydrogen) atoms. The molecule has 1 saturated heterocycles. The van der Waals surface area contributed by atoms with Gasteiger partial charge in [0.15, 0.2) is 0 Å². The van der Waals surface area contributed by atoms with Crippen molar-refractivity contribution >= 4 is 11.8 Å². The van der Waals surface area contributed by atoms with Gasteiger partial charge < -0.3 is 9.73 Å². The molecule has 0 radical (unpaired) electrons. The first kappa shape index (κ1) is 9.16. The molecule has 1 fully saturated rings. The van der Waals surface area contributed by atoms with Crippen LogP contribution in [-0.2, 0) is 5.75 Å². The van der Waals surface area contributed by atoms with E-state index in [9.17, 15) is 0 Å². The van der Waals surface area contributed by atoms with Gasteiger partial charge in [-0.15, -0.1) is 11.8 Å². The molecular weight excluding hydrogens is 182 g/mol. The van der Waals surface area contributed by atoms with Crippen LogP contribution in [0, 0.1) is 0 Å². The molecule has 3 heteroatoms. The van der Waals surface area contributed by atoms with Gasteiger partial charge in [-0.1, -0.05) is 0 Å². The van der Waals surface area contributed by atoms with Gasteiger partial charge in [-0.25, -0.2) is 0 Å². The Morgan fingerprint density at radius 3 is 3.31 bits per heavy atom. The van der Waals surface area contributed by atoms with Gasteiger partial charge in [0.2, 0.25) is 0 Å². The summed E-state index contributed by atoms with van der Waals surface area (Å²) in [4.78, 5) is 0. The average molecular weight is 197 g/mol. The number of nitrogens with one attached hydrogen (secondary N) is 1. The van der Waals surface area contributed by atoms with Crippen LogP contribution in [0.4, 0.5) is 0 Å². The molecule has 72 valence electrons. The minimum atomic E-state index is 0.777. The van der Waals surface area contributed by atoms with Crippen LogP contribution in [0.5, 0.6) is 0 Å². The Morgan fingerprint density at radius 1 is 1.62 bits per heavy atom. The van der Waals surface area contributed by atoms with Crippen LogP contribution in [0.1, 0.15) is 18.6 Å². The third-order valence-corrected chi connectivity index (χ3v) is 3.62. The molecular formula is C10H15NOS. The Morgan fingerprint density at radius 2 is 2.62 bits per heavy atom. The lowest BCUT2D eigenvalue weighted by Gasteiger charge is -2.21. The highest BCUT2D eigenvalue weighted by atomic mass is 32.2. The topological polar surface area (TPSA) is 25.2 Å². The van der Waals surface area contributed by atoms with Gasteiger partial charge in [-0.2, -0.15) is 0 Å². The third-order valence-electron chi connectivity index (χ3n) is 2.29. The summed E-state index contributed by atoms with van der Waals surface area (Å²) in [6, 6.07) is 4.00. The monoisotopic (exact) mass is 197 g/mol. The van der Waals surface area contributed by atoms with Crippen molar-refractivity contribution in [1.82, 2.24) is 5.32 Å². The highest BCUT2D eigenvalue weighted by molar-refractivity contribution is 7.99. The first-order valence-corrected chi connectivity index (χ1v) is 5.85. The molecule has 1 N–H and O–H groups in total. The summed E-state index contributed by atoms with van der Waals surface area (Å²) in [7, 11) is 0. The number of thioether (sulfide) groups is 1. The Bertz CT molecular complexity index is 229. The minimum Gasteiger partial charge on any atom is -0.468 e. The fourth-order valence-corrected chi connectivity index (χ4v) is 2.69. The molecule has 0 aromatic carbocycles. The molecule has 0 saturated carbocycles. The van der Waals surface area contributed by atoms with Crippen LogP contribution < -0.4 is 5.32 Å². The van der Waals surface area contributed by atoms with Gasteiger partial charge in [0.25, 0.3) is 0 Å². The average Bonchev–Trinajstić information content (AvgIpc) is 2.69. The molecule has 0 spiro atoms. The Kier molecular flexibility index (Phi) is 3.33. The molecule has 0 bridgehead atoms. The van der Waals surface area contributed by atoms with Crippen LogP contribution in [0.2, 0.25) is 0 Å². The quantitative estimate of drug-likeness (QED) is 0.804. The number of rotatable bonds is 3. The second-order valence-corrected chi connectivity index (χ2v) is 4.65. The second kappa shape index (κ2) is 4.72. The zero-order valence-electron chi connectivity index (χ0n) is 7.66. The maximum atomic E-state index is 5.28. The van der Waals surface area contributed by atoms with Crippen LogP contribution in [-0.4, -0.2) is 18.3 Å². The summed E-state index contributed by atoms with van der Waals surface area (Å²) in [5.74, 6) is 2.11. The summed E-state index contributed by atoms with van der Waals surface area (Å²) < 4.78 is 5.28. The SMILES string of the molecule is c1coc(CSC2CCCNC2)c1. The normalized spacial score (nSPS) is 23.2. The Hall–Kier alpha value is -0.410. The molecule has 0 amide bonds. The molecule has 2 heterocycles. The molecule has 2 rings (SSSR count). The lowest BCUT2D eigenvalue weighted by Crippen LogP contribution is -2.31. The van der Waals surface area contributed by atoms with Crippen molar-refractivity contribution < 1.29 is 4.42 Å². The van der Waals surface area contributed by atoms with Gasteiger partial charge in [-0.3, -0.25) is 0 Å². The van der Waals surface area contributed by atoms with Gasteiger partial charge in [0.1, 0.15) is 5.76 Å². The maximum absolute atomic E-state index is 5.28. The molecule has 1 aromatic heterocycles. The minimum absolute atomic E-state index is 0.777. The van der Waals surface area contributed by atoms with Crippen LogP contribution in [0.25, 0.3) is 0 Å². The van der Waals surface area contributed by atoms with E-state index in [-0.39, 0.29) is 0 Å². The van der Waals surface area contributed by atoms with Crippen molar-refractivity contribution in [3.8, 4) is 0 Å². The van der Waals surface area contributed by atoms with Gasteiger partial charge in [-0.05, 0) is 31.5 Å². The molecule has 0 aliphatic carbocycles. The van der Waals surface area contributed by atoms with E-state index in [4.69, 9.17) is 4.42 Å². The Labute approximate surface area is 83.1 Å². The van der Waals surface area contributed by atoms with Crippen molar-refractivity contribution in [2.45, 2.75) is 23.8 Å². The molecule has 1 aliphatic rings. The molecule has 1 aromatic rings. The predicted molar refractivity (Wildman–Crippen MR) is 55.9 cm³/mol. The van der Waals surface area contributed by atoms with Crippen LogP contribution in [0.15, 0.2) is 22.8 Å². The molecule has 1 unspecified atom stereocenters. The fraction of sp³-hybridized carbons (Fsp3) is 0.600. The summed E-state index contributed by atoms with van der Waals surface area (Å²) >= 11 is 2.00. The number of furan rings is 1. The summed E-state index contributed by atoms with van der Waals surface area (Å²) in [6.07, 6.45) is 4.41. The van der Waals surface area contributed by atoms with Crippen molar-refractivity contribution in [2.24, 2.45) is 0 Å². The molecule has 1 atom stereocenters. The maximum Gasteiger partial charge on any atom is 0.113 e. The van der Waals surface area contributed by atoms with E-state index in [2.05, 4.69) is 5.32 Å². The Balaban J connectivity index is 1.72. The summed E-state index contributed by atoms with van der Waals surface area (Å²) in [5.41, 5.74) is 0. The van der Waals surface area contributed by atoms with E-state index >= 15 is 0 Å². The van der Waals surface area contributed by atoms with Crippen molar-refractivity contribution in [2.75, 3.05) is 13.1 Å². The lowest BCUT2D eigenvalue weighted by molar-refractivity contribution is 0.521. The standard InChI is InChI=1S/C10H15NOS/c1-4-10(7-11-5-1)13-8-9-3-2-6-12-9/h2-3,6,10-11H,1,4-5,7-8H2. The fourth-order valence-electron chi connectivity index (χ4n) is 1.56. The van der Waals surface area contributed by atoms with E-state index in [0.29, 0.717) is 0 Å². The number of hydrogen-bond acceptors (Lipinski definition) is 3. The van der Waals surface area contributed by atoms with Gasteiger partial charge in [0.05, 0.1) is 12.0 Å². The van der Waals surface area contributed by atoms with E-state index < -0.39 is 0 Å². The van der Waals surface area contributed by atoms with Crippen molar-refractivity contribution in [1.29, 1.82) is 0 Å².